The Morgan fingerprint density at radius 3 is 2.57 bits per heavy atom. The number of nitrogens with one attached hydrogen (secondary N) is 2. The molecule has 0 unspecified atom stereocenters. The van der Waals surface area contributed by atoms with Crippen molar-refractivity contribution < 1.29 is 0 Å². The number of guanidine groups is 1. The fourth-order valence-corrected chi connectivity index (χ4v) is 2.79. The van der Waals surface area contributed by atoms with Gasteiger partial charge in [-0.2, -0.15) is 0 Å². The maximum Gasteiger partial charge on any atom is 0.191 e. The minimum absolute atomic E-state index is 0. The Morgan fingerprint density at radius 2 is 1.93 bits per heavy atom. The first-order valence-electron chi connectivity index (χ1n) is 9.18. The van der Waals surface area contributed by atoms with Crippen LogP contribution in [-0.4, -0.2) is 27.0 Å². The van der Waals surface area contributed by atoms with Crippen molar-refractivity contribution in [2.45, 2.75) is 33.9 Å². The first-order valence-corrected chi connectivity index (χ1v) is 9.18. The molecular formula is C21H27IN6. The third-order valence-electron chi connectivity index (χ3n) is 4.19. The van der Waals surface area contributed by atoms with E-state index in [2.05, 4.69) is 69.8 Å². The molecule has 2 heterocycles. The Labute approximate surface area is 183 Å². The lowest BCUT2D eigenvalue weighted by Crippen LogP contribution is -2.36. The van der Waals surface area contributed by atoms with Crippen LogP contribution in [0.5, 0.6) is 0 Å². The van der Waals surface area contributed by atoms with Crippen LogP contribution in [0.2, 0.25) is 0 Å². The number of aliphatic imine (C=N–C) groups is 1. The van der Waals surface area contributed by atoms with Crippen LogP contribution in [-0.2, 0) is 13.1 Å². The molecule has 2 N–H and O–H groups in total. The van der Waals surface area contributed by atoms with E-state index in [4.69, 9.17) is 0 Å². The van der Waals surface area contributed by atoms with Gasteiger partial charge in [0.2, 0.25) is 0 Å². The zero-order valence-electron chi connectivity index (χ0n) is 16.5. The minimum Gasteiger partial charge on any atom is -0.357 e. The molecule has 0 aliphatic heterocycles. The van der Waals surface area contributed by atoms with E-state index < -0.39 is 0 Å². The summed E-state index contributed by atoms with van der Waals surface area (Å²) in [6.45, 7) is 8.25. The summed E-state index contributed by atoms with van der Waals surface area (Å²) >= 11 is 0. The van der Waals surface area contributed by atoms with Gasteiger partial charge in [-0.1, -0.05) is 35.9 Å². The molecule has 0 radical (unpaired) electrons. The highest BCUT2D eigenvalue weighted by atomic mass is 127. The Balaban J connectivity index is 0.00000280. The van der Waals surface area contributed by atoms with E-state index in [0.29, 0.717) is 6.54 Å². The van der Waals surface area contributed by atoms with Crippen molar-refractivity contribution in [3.63, 3.8) is 0 Å². The zero-order chi connectivity index (χ0) is 19.1. The molecule has 28 heavy (non-hydrogen) atoms. The van der Waals surface area contributed by atoms with Gasteiger partial charge in [0, 0.05) is 31.7 Å². The van der Waals surface area contributed by atoms with Crippen molar-refractivity contribution in [1.29, 1.82) is 0 Å². The van der Waals surface area contributed by atoms with Gasteiger partial charge in [-0.15, -0.1) is 24.0 Å². The van der Waals surface area contributed by atoms with Crippen LogP contribution in [0.4, 0.5) is 0 Å². The molecule has 3 rings (SSSR count). The highest BCUT2D eigenvalue weighted by Gasteiger charge is 2.03. The Morgan fingerprint density at radius 1 is 1.07 bits per heavy atom. The summed E-state index contributed by atoms with van der Waals surface area (Å²) < 4.78 is 1.96. The molecule has 3 aromatic rings. The van der Waals surface area contributed by atoms with Crippen molar-refractivity contribution in [3.05, 3.63) is 77.5 Å². The van der Waals surface area contributed by atoms with Gasteiger partial charge in [-0.05, 0) is 38.0 Å². The maximum absolute atomic E-state index is 4.67. The number of pyridine rings is 1. The molecule has 2 aromatic heterocycles. The summed E-state index contributed by atoms with van der Waals surface area (Å²) in [6, 6.07) is 12.5. The van der Waals surface area contributed by atoms with Gasteiger partial charge in [-0.3, -0.25) is 4.57 Å². The fourth-order valence-electron chi connectivity index (χ4n) is 2.79. The standard InChI is InChI=1S/C21H26N6.HI/c1-4-22-21(25-13-18-7-5-6-16(2)12-18)26-15-19-8-9-20(24-14-19)27-11-10-23-17(27)3;/h5-12,14H,4,13,15H2,1-3H3,(H2,22,25,26);1H. The zero-order valence-corrected chi connectivity index (χ0v) is 18.8. The number of hydrogen-bond acceptors (Lipinski definition) is 3. The quantitative estimate of drug-likeness (QED) is 0.314. The van der Waals surface area contributed by atoms with Crippen molar-refractivity contribution in [2.75, 3.05) is 6.54 Å². The lowest BCUT2D eigenvalue weighted by atomic mass is 10.1. The molecule has 0 aliphatic rings. The van der Waals surface area contributed by atoms with Gasteiger partial charge in [0.25, 0.3) is 0 Å². The second-order valence-corrected chi connectivity index (χ2v) is 6.41. The van der Waals surface area contributed by atoms with Crippen molar-refractivity contribution >= 4 is 29.9 Å². The largest absolute Gasteiger partial charge is 0.357 e. The molecule has 0 saturated carbocycles. The third-order valence-corrected chi connectivity index (χ3v) is 4.19. The molecule has 0 amide bonds. The lowest BCUT2D eigenvalue weighted by Gasteiger charge is -2.12. The summed E-state index contributed by atoms with van der Waals surface area (Å²) in [4.78, 5) is 13.4. The van der Waals surface area contributed by atoms with Gasteiger partial charge in [-0.25, -0.2) is 15.0 Å². The Hall–Kier alpha value is -2.42. The average molecular weight is 490 g/mol. The number of imidazole rings is 1. The van der Waals surface area contributed by atoms with Gasteiger partial charge in [0.15, 0.2) is 5.96 Å². The second kappa shape index (κ2) is 10.8. The van der Waals surface area contributed by atoms with Crippen molar-refractivity contribution in [1.82, 2.24) is 25.2 Å². The first kappa shape index (κ1) is 21.9. The molecule has 0 aliphatic carbocycles. The lowest BCUT2D eigenvalue weighted by molar-refractivity contribution is 0.814. The normalized spacial score (nSPS) is 11.0. The van der Waals surface area contributed by atoms with Crippen molar-refractivity contribution in [3.8, 4) is 5.82 Å². The second-order valence-electron chi connectivity index (χ2n) is 6.41. The van der Waals surface area contributed by atoms with E-state index in [0.717, 1.165) is 36.3 Å². The summed E-state index contributed by atoms with van der Waals surface area (Å²) in [5, 5.41) is 6.67. The SMILES string of the molecule is CCNC(=NCc1ccc(-n2ccnc2C)nc1)NCc1cccc(C)c1.I. The monoisotopic (exact) mass is 490 g/mol. The number of nitrogens with zero attached hydrogens (tertiary/aromatic N) is 4. The van der Waals surface area contributed by atoms with E-state index in [-0.39, 0.29) is 24.0 Å². The third kappa shape index (κ3) is 6.05. The summed E-state index contributed by atoms with van der Waals surface area (Å²) in [5.74, 6) is 2.58. The molecule has 0 saturated heterocycles. The molecule has 0 spiro atoms. The molecule has 1 aromatic carbocycles. The van der Waals surface area contributed by atoms with Crippen molar-refractivity contribution in [2.24, 2.45) is 4.99 Å². The van der Waals surface area contributed by atoms with Crippen LogP contribution < -0.4 is 10.6 Å². The number of halogens is 1. The van der Waals surface area contributed by atoms with E-state index in [1.54, 1.807) is 6.20 Å². The fraction of sp³-hybridized carbons (Fsp3) is 0.286. The van der Waals surface area contributed by atoms with Crippen LogP contribution >= 0.6 is 24.0 Å². The Bertz CT molecular complexity index is 901. The van der Waals surface area contributed by atoms with Crippen LogP contribution in [0.3, 0.4) is 0 Å². The van der Waals surface area contributed by atoms with E-state index in [1.807, 2.05) is 30.0 Å². The molecule has 0 bridgehead atoms. The van der Waals surface area contributed by atoms with Crippen LogP contribution in [0, 0.1) is 13.8 Å². The molecule has 148 valence electrons. The summed E-state index contributed by atoms with van der Waals surface area (Å²) in [6.07, 6.45) is 5.55. The van der Waals surface area contributed by atoms with Crippen LogP contribution in [0.25, 0.3) is 5.82 Å². The van der Waals surface area contributed by atoms with Crippen LogP contribution in [0.15, 0.2) is 60.0 Å². The van der Waals surface area contributed by atoms with E-state index >= 15 is 0 Å². The predicted molar refractivity (Wildman–Crippen MR) is 124 cm³/mol. The summed E-state index contributed by atoms with van der Waals surface area (Å²) in [7, 11) is 0. The number of hydrogen-bond donors (Lipinski definition) is 2. The van der Waals surface area contributed by atoms with Gasteiger partial charge >= 0.3 is 0 Å². The number of aromatic nitrogens is 3. The molecule has 0 atom stereocenters. The topological polar surface area (TPSA) is 67.1 Å². The van der Waals surface area contributed by atoms with Gasteiger partial charge < -0.3 is 10.6 Å². The maximum atomic E-state index is 4.67. The highest BCUT2D eigenvalue weighted by Crippen LogP contribution is 2.09. The van der Waals surface area contributed by atoms with Crippen LogP contribution in [0.1, 0.15) is 29.4 Å². The highest BCUT2D eigenvalue weighted by molar-refractivity contribution is 14.0. The number of rotatable bonds is 6. The molecule has 7 heteroatoms. The van der Waals surface area contributed by atoms with E-state index in [1.165, 1.54) is 11.1 Å². The first-order chi connectivity index (χ1) is 13.2. The smallest absolute Gasteiger partial charge is 0.191 e. The molecular weight excluding hydrogens is 463 g/mol. The van der Waals surface area contributed by atoms with Gasteiger partial charge in [0.05, 0.1) is 6.54 Å². The number of benzene rings is 1. The van der Waals surface area contributed by atoms with E-state index in [9.17, 15) is 0 Å². The summed E-state index contributed by atoms with van der Waals surface area (Å²) in [5.41, 5.74) is 3.56. The minimum atomic E-state index is 0. The van der Waals surface area contributed by atoms with Gasteiger partial charge in [0.1, 0.15) is 11.6 Å². The average Bonchev–Trinajstić information content (AvgIpc) is 3.10. The Kier molecular flexibility index (Phi) is 8.43. The number of aryl methyl sites for hydroxylation is 2. The predicted octanol–water partition coefficient (Wildman–Crippen LogP) is 3.76. The molecule has 0 fully saturated rings. The molecule has 6 nitrogen and oxygen atoms in total.